The first-order chi connectivity index (χ1) is 16.9. The van der Waals surface area contributed by atoms with Gasteiger partial charge in [0.25, 0.3) is 5.91 Å². The second-order valence-electron chi connectivity index (χ2n) is 8.15. The Balaban J connectivity index is 1.46. The summed E-state index contributed by atoms with van der Waals surface area (Å²) in [5.74, 6) is -1.38. The van der Waals surface area contributed by atoms with Gasteiger partial charge < -0.3 is 10.1 Å². The summed E-state index contributed by atoms with van der Waals surface area (Å²) < 4.78 is 19.6. The molecule has 1 N–H and O–H groups in total. The van der Waals surface area contributed by atoms with Crippen molar-refractivity contribution in [2.75, 3.05) is 13.7 Å². The minimum absolute atomic E-state index is 0.00361. The van der Waals surface area contributed by atoms with Crippen molar-refractivity contribution in [1.29, 1.82) is 0 Å². The Morgan fingerprint density at radius 3 is 2.43 bits per heavy atom. The summed E-state index contributed by atoms with van der Waals surface area (Å²) >= 11 is 5.88. The van der Waals surface area contributed by atoms with Gasteiger partial charge in [-0.2, -0.15) is 0 Å². The van der Waals surface area contributed by atoms with Crippen LogP contribution in [0.4, 0.5) is 4.39 Å². The highest BCUT2D eigenvalue weighted by Crippen LogP contribution is 2.24. The smallest absolute Gasteiger partial charge is 0.310 e. The highest BCUT2D eigenvalue weighted by atomic mass is 35.5. The Hall–Kier alpha value is -3.77. The van der Waals surface area contributed by atoms with Gasteiger partial charge in [-0.1, -0.05) is 54.1 Å². The Kier molecular flexibility index (Phi) is 7.73. The molecule has 178 valence electrons. The largest absolute Gasteiger partial charge is 0.469 e. The monoisotopic (exact) mass is 490 g/mol. The second-order valence-corrected chi connectivity index (χ2v) is 8.59. The molecule has 5 nitrogen and oxygen atoms in total. The first kappa shape index (κ1) is 24.4. The van der Waals surface area contributed by atoms with Gasteiger partial charge in [0.2, 0.25) is 0 Å². The molecule has 7 heteroatoms. The van der Waals surface area contributed by atoms with Crippen LogP contribution in [-0.4, -0.2) is 30.5 Å². The number of fused-ring (bicyclic) bond motifs is 1. The average molecular weight is 491 g/mol. The van der Waals surface area contributed by atoms with E-state index in [1.165, 1.54) is 19.2 Å². The number of nitrogens with one attached hydrogen (secondary N) is 1. The fraction of sp³-hybridized carbons (Fsp3) is 0.179. The van der Waals surface area contributed by atoms with Crippen LogP contribution in [0.25, 0.3) is 10.8 Å². The first-order valence-electron chi connectivity index (χ1n) is 11.2. The third-order valence-electron chi connectivity index (χ3n) is 5.78. The molecule has 4 aromatic rings. The Labute approximate surface area is 207 Å². The van der Waals surface area contributed by atoms with Crippen LogP contribution >= 0.6 is 11.6 Å². The number of carbonyl (C=O) groups excluding carboxylic acids is 2. The molecule has 0 spiro atoms. The minimum atomic E-state index is -0.585. The molecule has 0 aliphatic carbocycles. The Morgan fingerprint density at radius 2 is 1.71 bits per heavy atom. The molecule has 0 saturated heterocycles. The zero-order valence-corrected chi connectivity index (χ0v) is 19.9. The predicted octanol–water partition coefficient (Wildman–Crippen LogP) is 5.31. The van der Waals surface area contributed by atoms with Crippen LogP contribution in [-0.2, 0) is 28.8 Å². The van der Waals surface area contributed by atoms with Crippen molar-refractivity contribution in [2.45, 2.75) is 19.3 Å². The number of aromatic nitrogens is 1. The summed E-state index contributed by atoms with van der Waals surface area (Å²) in [6, 6.07) is 19.6. The number of amides is 1. The Morgan fingerprint density at radius 1 is 1.00 bits per heavy atom. The van der Waals surface area contributed by atoms with Crippen molar-refractivity contribution in [2.24, 2.45) is 0 Å². The van der Waals surface area contributed by atoms with E-state index in [9.17, 15) is 14.0 Å². The molecule has 4 rings (SSSR count). The highest BCUT2D eigenvalue weighted by molar-refractivity contribution is 6.30. The van der Waals surface area contributed by atoms with E-state index in [0.717, 1.165) is 27.6 Å². The molecule has 0 aliphatic rings. The van der Waals surface area contributed by atoms with E-state index in [1.54, 1.807) is 24.4 Å². The number of pyridine rings is 1. The number of carbonyl (C=O) groups is 2. The fourth-order valence-corrected chi connectivity index (χ4v) is 4.06. The summed E-state index contributed by atoms with van der Waals surface area (Å²) in [7, 11) is 1.35. The number of methoxy groups -OCH3 is 1. The molecule has 0 unspecified atom stereocenters. The van der Waals surface area contributed by atoms with Crippen molar-refractivity contribution < 1.29 is 18.7 Å². The molecule has 1 heterocycles. The van der Waals surface area contributed by atoms with E-state index in [4.69, 9.17) is 16.3 Å². The third kappa shape index (κ3) is 6.03. The summed E-state index contributed by atoms with van der Waals surface area (Å²) in [5.41, 5.74) is 3.25. The number of esters is 1. The van der Waals surface area contributed by atoms with Gasteiger partial charge >= 0.3 is 5.97 Å². The lowest BCUT2D eigenvalue weighted by Gasteiger charge is -2.11. The number of hydrogen-bond acceptors (Lipinski definition) is 4. The number of halogens is 2. The lowest BCUT2D eigenvalue weighted by molar-refractivity contribution is -0.139. The highest BCUT2D eigenvalue weighted by Gasteiger charge is 2.15. The maximum Gasteiger partial charge on any atom is 0.310 e. The van der Waals surface area contributed by atoms with Crippen LogP contribution in [0.3, 0.4) is 0 Å². The molecular weight excluding hydrogens is 467 g/mol. The van der Waals surface area contributed by atoms with Gasteiger partial charge in [-0.15, -0.1) is 0 Å². The lowest BCUT2D eigenvalue weighted by atomic mass is 9.99. The van der Waals surface area contributed by atoms with Crippen LogP contribution in [0, 0.1) is 5.82 Å². The molecule has 3 aromatic carbocycles. The van der Waals surface area contributed by atoms with Gasteiger partial charge in [-0.05, 0) is 52.8 Å². The summed E-state index contributed by atoms with van der Waals surface area (Å²) in [5, 5.41) is 5.20. The first-order valence-corrected chi connectivity index (χ1v) is 11.6. The van der Waals surface area contributed by atoms with Crippen molar-refractivity contribution in [3.63, 3.8) is 0 Å². The third-order valence-corrected chi connectivity index (χ3v) is 6.04. The zero-order valence-electron chi connectivity index (χ0n) is 19.2. The van der Waals surface area contributed by atoms with E-state index in [0.29, 0.717) is 30.0 Å². The number of rotatable bonds is 8. The molecule has 0 aliphatic heterocycles. The molecule has 0 fully saturated rings. The van der Waals surface area contributed by atoms with E-state index in [-0.39, 0.29) is 18.0 Å². The topological polar surface area (TPSA) is 68.3 Å². The van der Waals surface area contributed by atoms with Crippen molar-refractivity contribution in [3.8, 4) is 0 Å². The van der Waals surface area contributed by atoms with Gasteiger partial charge in [-0.25, -0.2) is 4.39 Å². The van der Waals surface area contributed by atoms with Gasteiger partial charge in [0, 0.05) is 29.6 Å². The molecule has 1 aromatic heterocycles. The van der Waals surface area contributed by atoms with Crippen molar-refractivity contribution >= 4 is 34.2 Å². The van der Waals surface area contributed by atoms with Crippen LogP contribution in [0.15, 0.2) is 72.9 Å². The molecule has 0 radical (unpaired) electrons. The molecule has 1 amide bonds. The molecule has 0 atom stereocenters. The van der Waals surface area contributed by atoms with E-state index >= 15 is 0 Å². The standard InChI is InChI=1S/C28H24ClFN2O3/c1-35-27(33)16-20-17-32-26(23-5-3-2-4-22(20)23)15-19-8-11-24(25(30)14-19)28(34)31-13-12-18-6-9-21(29)10-7-18/h2-11,14,17H,12-13,15-16H2,1H3,(H,31,34). The molecule has 35 heavy (non-hydrogen) atoms. The molecule has 0 bridgehead atoms. The SMILES string of the molecule is COC(=O)Cc1cnc(Cc2ccc(C(=O)NCCc3ccc(Cl)cc3)c(F)c2)c2ccccc12. The normalized spacial score (nSPS) is 10.8. The van der Waals surface area contributed by atoms with Gasteiger partial charge in [0.05, 0.1) is 24.8 Å². The Bertz CT molecular complexity index is 1370. The van der Waals surface area contributed by atoms with Crippen LogP contribution in [0.5, 0.6) is 0 Å². The fourth-order valence-electron chi connectivity index (χ4n) is 3.93. The quantitative estimate of drug-likeness (QED) is 0.340. The van der Waals surface area contributed by atoms with E-state index in [1.807, 2.05) is 36.4 Å². The van der Waals surface area contributed by atoms with Crippen molar-refractivity contribution in [3.05, 3.63) is 112 Å². The lowest BCUT2D eigenvalue weighted by Crippen LogP contribution is -2.26. The minimum Gasteiger partial charge on any atom is -0.469 e. The molecular formula is C28H24ClFN2O3. The summed E-state index contributed by atoms with van der Waals surface area (Å²) in [6.45, 7) is 0.384. The zero-order chi connectivity index (χ0) is 24.8. The van der Waals surface area contributed by atoms with E-state index in [2.05, 4.69) is 10.3 Å². The number of benzene rings is 3. The number of ether oxygens (including phenoxy) is 1. The summed E-state index contributed by atoms with van der Waals surface area (Å²) in [4.78, 5) is 28.8. The van der Waals surface area contributed by atoms with Gasteiger partial charge in [0.1, 0.15) is 5.82 Å². The maximum absolute atomic E-state index is 14.8. The van der Waals surface area contributed by atoms with Gasteiger partial charge in [-0.3, -0.25) is 14.6 Å². The van der Waals surface area contributed by atoms with Crippen LogP contribution in [0.2, 0.25) is 5.02 Å². The van der Waals surface area contributed by atoms with Crippen molar-refractivity contribution in [1.82, 2.24) is 10.3 Å². The maximum atomic E-state index is 14.8. The number of hydrogen-bond donors (Lipinski definition) is 1. The molecule has 0 saturated carbocycles. The van der Waals surface area contributed by atoms with Crippen LogP contribution < -0.4 is 5.32 Å². The van der Waals surface area contributed by atoms with Gasteiger partial charge in [0.15, 0.2) is 0 Å². The summed E-state index contributed by atoms with van der Waals surface area (Å²) in [6.07, 6.45) is 2.79. The predicted molar refractivity (Wildman–Crippen MR) is 134 cm³/mol. The average Bonchev–Trinajstić information content (AvgIpc) is 2.86. The number of nitrogens with zero attached hydrogens (tertiary/aromatic N) is 1. The second kappa shape index (κ2) is 11.1. The van der Waals surface area contributed by atoms with Crippen LogP contribution in [0.1, 0.15) is 32.7 Å². The van der Waals surface area contributed by atoms with E-state index < -0.39 is 11.7 Å².